The molecule has 0 saturated heterocycles. The van der Waals surface area contributed by atoms with Gasteiger partial charge in [-0.1, -0.05) is 18.2 Å². The quantitative estimate of drug-likeness (QED) is 0.660. The summed E-state index contributed by atoms with van der Waals surface area (Å²) in [6.07, 6.45) is 0. The number of rotatable bonds is 3. The van der Waals surface area contributed by atoms with Crippen molar-refractivity contribution in [2.75, 3.05) is 13.2 Å². The first-order valence-corrected chi connectivity index (χ1v) is 5.65. The van der Waals surface area contributed by atoms with Crippen molar-refractivity contribution in [2.24, 2.45) is 0 Å². The molecule has 0 spiro atoms. The third-order valence-electron chi connectivity index (χ3n) is 1.74. The summed E-state index contributed by atoms with van der Waals surface area (Å²) < 4.78 is 8.69. The van der Waals surface area contributed by atoms with Crippen molar-refractivity contribution in [3.8, 4) is 0 Å². The number of hydrogen-bond acceptors (Lipinski definition) is 5. The largest absolute Gasteiger partial charge is 0.478 e. The summed E-state index contributed by atoms with van der Waals surface area (Å²) in [5, 5.41) is 8.38. The smallest absolute Gasteiger partial charge is 0.417 e. The van der Waals surface area contributed by atoms with Crippen LogP contribution in [0.2, 0.25) is 0 Å². The van der Waals surface area contributed by atoms with Crippen LogP contribution in [0.25, 0.3) is 0 Å². The normalized spacial score (nSPS) is 8.74. The number of hydrogen-bond donors (Lipinski definition) is 1. The molecule has 0 aliphatic heterocycles. The van der Waals surface area contributed by atoms with Gasteiger partial charge in [0.05, 0.1) is 18.8 Å². The predicted molar refractivity (Wildman–Crippen MR) is 66.7 cm³/mol. The lowest BCUT2D eigenvalue weighted by Gasteiger charge is -1.99. The average Bonchev–Trinajstić information content (AvgIpc) is 2.41. The highest BCUT2D eigenvalue weighted by Crippen LogP contribution is 1.96. The van der Waals surface area contributed by atoms with Crippen LogP contribution in [0.1, 0.15) is 24.2 Å². The topological polar surface area (TPSA) is 89.9 Å². The Kier molecular flexibility index (Phi) is 8.44. The molecule has 0 saturated carbocycles. The third kappa shape index (κ3) is 7.54. The van der Waals surface area contributed by atoms with Crippen LogP contribution in [0.3, 0.4) is 0 Å². The Morgan fingerprint density at radius 3 is 1.63 bits per heavy atom. The zero-order valence-electron chi connectivity index (χ0n) is 10.8. The van der Waals surface area contributed by atoms with Crippen LogP contribution >= 0.6 is 0 Å². The second kappa shape index (κ2) is 9.64. The Balaban J connectivity index is 0.000000342. The van der Waals surface area contributed by atoms with Crippen LogP contribution < -0.4 is 0 Å². The summed E-state index contributed by atoms with van der Waals surface area (Å²) in [5.74, 6) is -2.73. The van der Waals surface area contributed by atoms with Gasteiger partial charge < -0.3 is 14.6 Å². The van der Waals surface area contributed by atoms with E-state index in [2.05, 4.69) is 9.47 Å². The molecule has 0 unspecified atom stereocenters. The van der Waals surface area contributed by atoms with Gasteiger partial charge in [0.25, 0.3) is 0 Å². The molecule has 0 fully saturated rings. The molecule has 0 amide bonds. The third-order valence-corrected chi connectivity index (χ3v) is 1.74. The molecule has 1 N–H and O–H groups in total. The van der Waals surface area contributed by atoms with E-state index in [9.17, 15) is 14.4 Å². The van der Waals surface area contributed by atoms with E-state index in [1.807, 2.05) is 0 Å². The maximum Gasteiger partial charge on any atom is 0.417 e. The Morgan fingerprint density at radius 2 is 1.37 bits per heavy atom. The molecule has 0 heterocycles. The molecule has 0 aliphatic carbocycles. The lowest BCUT2D eigenvalue weighted by molar-refractivity contribution is -0.167. The second-order valence-electron chi connectivity index (χ2n) is 3.11. The van der Waals surface area contributed by atoms with Crippen molar-refractivity contribution in [3.63, 3.8) is 0 Å². The number of carboxylic acid groups (broad SMARTS) is 1. The van der Waals surface area contributed by atoms with Crippen molar-refractivity contribution in [1.82, 2.24) is 0 Å². The molecule has 19 heavy (non-hydrogen) atoms. The van der Waals surface area contributed by atoms with Gasteiger partial charge in [0.15, 0.2) is 0 Å². The van der Waals surface area contributed by atoms with Crippen LogP contribution in [0.4, 0.5) is 0 Å². The molecule has 1 aromatic rings. The zero-order valence-corrected chi connectivity index (χ0v) is 10.8. The van der Waals surface area contributed by atoms with Crippen LogP contribution in [0, 0.1) is 0 Å². The van der Waals surface area contributed by atoms with E-state index < -0.39 is 17.9 Å². The highest BCUT2D eigenvalue weighted by atomic mass is 16.6. The van der Waals surface area contributed by atoms with Crippen molar-refractivity contribution in [3.05, 3.63) is 35.9 Å². The summed E-state index contributed by atoms with van der Waals surface area (Å²) in [6.45, 7) is 3.63. The second-order valence-corrected chi connectivity index (χ2v) is 3.11. The Bertz CT molecular complexity index is 396. The fourth-order valence-electron chi connectivity index (χ4n) is 0.961. The fourth-order valence-corrected chi connectivity index (χ4v) is 0.961. The van der Waals surface area contributed by atoms with Gasteiger partial charge in [-0.05, 0) is 26.0 Å². The van der Waals surface area contributed by atoms with Crippen LogP contribution in [-0.4, -0.2) is 36.2 Å². The van der Waals surface area contributed by atoms with E-state index in [0.717, 1.165) is 0 Å². The lowest BCUT2D eigenvalue weighted by atomic mass is 10.2. The summed E-state index contributed by atoms with van der Waals surface area (Å²) >= 11 is 0. The molecular formula is C13H16O6. The number of benzene rings is 1. The molecule has 0 aliphatic rings. The molecule has 104 valence electrons. The number of carbonyl (C=O) groups is 3. The van der Waals surface area contributed by atoms with Gasteiger partial charge in [-0.25, -0.2) is 14.4 Å². The first-order valence-electron chi connectivity index (χ1n) is 5.65. The number of aromatic carboxylic acids is 1. The maximum absolute atomic E-state index is 10.4. The van der Waals surface area contributed by atoms with Crippen molar-refractivity contribution in [2.45, 2.75) is 13.8 Å². The molecule has 6 heteroatoms. The van der Waals surface area contributed by atoms with E-state index in [1.54, 1.807) is 44.2 Å². The first-order chi connectivity index (χ1) is 9.02. The van der Waals surface area contributed by atoms with Crippen molar-refractivity contribution >= 4 is 17.9 Å². The molecule has 6 nitrogen and oxygen atoms in total. The van der Waals surface area contributed by atoms with E-state index in [-0.39, 0.29) is 13.2 Å². The first kappa shape index (κ1) is 16.6. The van der Waals surface area contributed by atoms with Gasteiger partial charge in [-0.15, -0.1) is 0 Å². The predicted octanol–water partition coefficient (Wildman–Crippen LogP) is 1.50. The average molecular weight is 268 g/mol. The monoisotopic (exact) mass is 268 g/mol. The Morgan fingerprint density at radius 1 is 0.947 bits per heavy atom. The number of esters is 2. The number of carboxylic acids is 1. The molecule has 1 rings (SSSR count). The molecule has 1 aromatic carbocycles. The summed E-state index contributed by atoms with van der Waals surface area (Å²) in [5.41, 5.74) is 0.331. The highest BCUT2D eigenvalue weighted by molar-refractivity contribution is 6.29. The Labute approximate surface area is 110 Å². The van der Waals surface area contributed by atoms with Crippen LogP contribution in [0.5, 0.6) is 0 Å². The minimum atomic E-state index is -0.927. The summed E-state index contributed by atoms with van der Waals surface area (Å²) in [6, 6.07) is 8.30. The molecular weight excluding hydrogens is 252 g/mol. The van der Waals surface area contributed by atoms with Crippen molar-refractivity contribution < 1.29 is 29.0 Å². The standard InChI is InChI=1S/C7H6O2.C6H10O4/c8-7(9)6-4-2-1-3-5-6;1-3-9-5(7)6(8)10-4-2/h1-5H,(H,8,9);3-4H2,1-2H3. The van der Waals surface area contributed by atoms with Gasteiger partial charge in [-0.2, -0.15) is 0 Å². The molecule has 0 bridgehead atoms. The zero-order chi connectivity index (χ0) is 14.7. The van der Waals surface area contributed by atoms with E-state index in [4.69, 9.17) is 5.11 Å². The molecule has 0 aromatic heterocycles. The van der Waals surface area contributed by atoms with Gasteiger partial charge in [0, 0.05) is 0 Å². The highest BCUT2D eigenvalue weighted by Gasteiger charge is 2.14. The minimum Gasteiger partial charge on any atom is -0.478 e. The lowest BCUT2D eigenvalue weighted by Crippen LogP contribution is -2.19. The van der Waals surface area contributed by atoms with Gasteiger partial charge in [0.1, 0.15) is 0 Å². The molecule has 0 atom stereocenters. The molecule has 0 radical (unpaired) electrons. The minimum absolute atomic E-state index is 0.192. The van der Waals surface area contributed by atoms with Gasteiger partial charge in [0.2, 0.25) is 0 Å². The van der Waals surface area contributed by atoms with Crippen molar-refractivity contribution in [1.29, 1.82) is 0 Å². The SMILES string of the molecule is CCOC(=O)C(=O)OCC.O=C(O)c1ccccc1. The van der Waals surface area contributed by atoms with E-state index in [0.29, 0.717) is 5.56 Å². The van der Waals surface area contributed by atoms with Crippen LogP contribution in [-0.2, 0) is 19.1 Å². The number of carbonyl (C=O) groups excluding carboxylic acids is 2. The maximum atomic E-state index is 10.4. The van der Waals surface area contributed by atoms with E-state index in [1.165, 1.54) is 0 Å². The van der Waals surface area contributed by atoms with Gasteiger partial charge in [-0.3, -0.25) is 0 Å². The Hall–Kier alpha value is -2.37. The summed E-state index contributed by atoms with van der Waals surface area (Å²) in [4.78, 5) is 31.1. The van der Waals surface area contributed by atoms with Crippen LogP contribution in [0.15, 0.2) is 30.3 Å². The fraction of sp³-hybridized carbons (Fsp3) is 0.308. The number of ether oxygens (including phenoxy) is 2. The summed E-state index contributed by atoms with van der Waals surface area (Å²) in [7, 11) is 0. The van der Waals surface area contributed by atoms with Gasteiger partial charge >= 0.3 is 17.9 Å². The van der Waals surface area contributed by atoms with E-state index >= 15 is 0 Å².